The highest BCUT2D eigenvalue weighted by atomic mass is 32.2. The molecule has 0 radical (unpaired) electrons. The highest BCUT2D eigenvalue weighted by molar-refractivity contribution is 7.92. The van der Waals surface area contributed by atoms with Crippen molar-refractivity contribution >= 4 is 84.2 Å². The van der Waals surface area contributed by atoms with Crippen molar-refractivity contribution in [3.8, 4) is 0 Å². The number of aromatic nitrogens is 7. The molecular weight excluding hydrogens is 983 g/mol. The van der Waals surface area contributed by atoms with E-state index in [0.29, 0.717) is 44.9 Å². The van der Waals surface area contributed by atoms with Gasteiger partial charge in [0.25, 0.3) is 20.0 Å². The first kappa shape index (κ1) is 49.2. The summed E-state index contributed by atoms with van der Waals surface area (Å²) in [5, 5.41) is 13.4. The smallest absolute Gasteiger partial charge is 0.269 e. The zero-order chi connectivity index (χ0) is 50.2. The number of aryl methyl sites for hydroxylation is 2. The lowest BCUT2D eigenvalue weighted by molar-refractivity contribution is 0.346. The second-order valence-corrected chi connectivity index (χ2v) is 28.6. The molecule has 5 heterocycles. The van der Waals surface area contributed by atoms with Gasteiger partial charge in [-0.1, -0.05) is 67.3 Å². The van der Waals surface area contributed by atoms with Crippen molar-refractivity contribution in [2.24, 2.45) is 23.7 Å². The average molecular weight is 1040 g/mol. The van der Waals surface area contributed by atoms with Crippen molar-refractivity contribution in [3.63, 3.8) is 0 Å². The van der Waals surface area contributed by atoms with Crippen molar-refractivity contribution in [3.05, 3.63) is 96.6 Å². The van der Waals surface area contributed by atoms with E-state index in [1.165, 1.54) is 26.5 Å². The van der Waals surface area contributed by atoms with E-state index in [1.54, 1.807) is 66.9 Å². The maximum atomic E-state index is 13.4. The van der Waals surface area contributed by atoms with Crippen LogP contribution >= 0.6 is 0 Å². The van der Waals surface area contributed by atoms with Gasteiger partial charge in [-0.3, -0.25) is 0 Å². The molecule has 4 saturated carbocycles. The van der Waals surface area contributed by atoms with E-state index in [4.69, 9.17) is 5.73 Å². The summed E-state index contributed by atoms with van der Waals surface area (Å²) in [4.78, 5) is 9.18. The fourth-order valence-electron chi connectivity index (χ4n) is 11.1. The van der Waals surface area contributed by atoms with Gasteiger partial charge in [-0.15, -0.1) is 5.10 Å². The van der Waals surface area contributed by atoms with Gasteiger partial charge >= 0.3 is 0 Å². The molecular formula is C50H61N9O8S4. The van der Waals surface area contributed by atoms with E-state index < -0.39 is 39.7 Å². The Morgan fingerprint density at radius 3 is 1.65 bits per heavy atom. The largest absolute Gasteiger partial charge is 0.396 e. The van der Waals surface area contributed by atoms with Gasteiger partial charge < -0.3 is 11.1 Å². The summed E-state index contributed by atoms with van der Waals surface area (Å²) in [6.07, 6.45) is 14.2. The molecule has 0 bridgehead atoms. The Bertz CT molecular complexity index is 3600. The topological polar surface area (TPSA) is 241 Å². The third-order valence-corrected chi connectivity index (χ3v) is 23.4. The van der Waals surface area contributed by atoms with Crippen LogP contribution in [-0.2, 0) is 39.7 Å². The van der Waals surface area contributed by atoms with E-state index in [0.717, 1.165) is 80.9 Å². The Morgan fingerprint density at radius 2 is 1.11 bits per heavy atom. The summed E-state index contributed by atoms with van der Waals surface area (Å²) in [7, 11) is -13.7. The number of benzene rings is 2. The molecule has 2 aromatic carbocycles. The second-order valence-electron chi connectivity index (χ2n) is 20.3. The summed E-state index contributed by atoms with van der Waals surface area (Å²) >= 11 is 0. The summed E-state index contributed by atoms with van der Waals surface area (Å²) in [6.45, 7) is 8.05. The van der Waals surface area contributed by atoms with Crippen molar-refractivity contribution < 1.29 is 33.7 Å². The molecule has 0 saturated heterocycles. The van der Waals surface area contributed by atoms with Crippen LogP contribution in [0.5, 0.6) is 0 Å². The van der Waals surface area contributed by atoms with Crippen LogP contribution in [0.1, 0.15) is 95.2 Å². The summed E-state index contributed by atoms with van der Waals surface area (Å²) < 4.78 is 108. The Hall–Kier alpha value is -5.38. The number of pyridine rings is 2. The number of hydrogen-bond acceptors (Lipinski definition) is 14. The lowest BCUT2D eigenvalue weighted by atomic mass is 10.00. The van der Waals surface area contributed by atoms with Gasteiger partial charge in [-0.25, -0.2) is 56.3 Å². The molecule has 71 heavy (non-hydrogen) atoms. The number of nitrogens with one attached hydrogen (secondary N) is 1. The highest BCUT2D eigenvalue weighted by Gasteiger charge is 2.43. The highest BCUT2D eigenvalue weighted by Crippen LogP contribution is 2.45. The average Bonchev–Trinajstić information content (AvgIpc) is 4.14. The summed E-state index contributed by atoms with van der Waals surface area (Å²) in [5.41, 5.74) is 11.3. The predicted octanol–water partition coefficient (Wildman–Crippen LogP) is 7.84. The summed E-state index contributed by atoms with van der Waals surface area (Å²) in [6, 6.07) is 17.0. The first-order valence-electron chi connectivity index (χ1n) is 24.6. The monoisotopic (exact) mass is 1040 g/mol. The first-order valence-corrected chi connectivity index (χ1v) is 30.9. The second kappa shape index (κ2) is 18.6. The quantitative estimate of drug-likeness (QED) is 0.0995. The van der Waals surface area contributed by atoms with Gasteiger partial charge in [-0.2, -0.15) is 0 Å². The fraction of sp³-hybridized carbons (Fsp3) is 0.480. The first-order chi connectivity index (χ1) is 33.8. The molecule has 4 aliphatic carbocycles. The molecule has 21 heteroatoms. The van der Waals surface area contributed by atoms with Crippen LogP contribution in [0.15, 0.2) is 95.2 Å². The van der Waals surface area contributed by atoms with E-state index in [9.17, 15) is 33.7 Å². The van der Waals surface area contributed by atoms with E-state index in [-0.39, 0.29) is 61.6 Å². The van der Waals surface area contributed by atoms with Crippen molar-refractivity contribution in [2.75, 3.05) is 22.6 Å². The van der Waals surface area contributed by atoms with Crippen LogP contribution in [0.3, 0.4) is 0 Å². The van der Waals surface area contributed by atoms with Crippen molar-refractivity contribution in [1.29, 1.82) is 0 Å². The van der Waals surface area contributed by atoms with Gasteiger partial charge in [0.1, 0.15) is 11.0 Å². The van der Waals surface area contributed by atoms with E-state index in [2.05, 4.69) is 39.4 Å². The van der Waals surface area contributed by atoms with Crippen LogP contribution in [0, 0.1) is 37.5 Å². The van der Waals surface area contributed by atoms with Crippen LogP contribution in [-0.4, -0.2) is 94.6 Å². The maximum Gasteiger partial charge on any atom is 0.269 e. The van der Waals surface area contributed by atoms with Crippen LogP contribution in [0.2, 0.25) is 0 Å². The summed E-state index contributed by atoms with van der Waals surface area (Å²) in [5.74, 6) is 1.28. The van der Waals surface area contributed by atoms with Gasteiger partial charge in [-0.05, 0) is 125 Å². The SMILES string of the molecule is CC[C@@H]1C[C@H](CS(=O)(=O)C2CC2)C[C@@H]1Nc1c(N)cnc2c1ccn2S(=O)(=O)c1ccc(C)cc1.CC[C@@H]1C[C@H](CS(=O)(=O)C2CC2)C[C@@H]1n1nnc2cnc3c(ccn3S(=O)(=O)c3ccc(C)cc3)c21. The molecule has 378 valence electrons. The van der Waals surface area contributed by atoms with Crippen molar-refractivity contribution in [2.45, 2.75) is 124 Å². The maximum absolute atomic E-state index is 13.4. The zero-order valence-corrected chi connectivity index (χ0v) is 43.6. The molecule has 0 amide bonds. The van der Waals surface area contributed by atoms with E-state index >= 15 is 0 Å². The standard InChI is InChI=1S/C25H29N5O4S2.C25H32N4O4S2/c1-3-18-12-17(15-35(31,32)19-8-9-19)13-23(18)30-24-21-10-11-29(25(21)26-14-22(24)27-28-30)36(33,34)20-6-4-16(2)5-7-20;1-3-18-12-17(15-34(30,31)19-8-9-19)13-23(18)28-24-21-10-11-29(25(21)27-14-22(24)26)35(32,33)20-6-4-16(2)5-7-20/h4-7,10-11,14,17-19,23H,3,8-9,12-13,15H2,1-2H3;4-7,10-11,14,17-19,23H,3,8-9,12-13,15,26H2,1-2H3,(H,27,28)/t2*17-,18+,23-/m00/s1. The van der Waals surface area contributed by atoms with Crippen molar-refractivity contribution in [1.82, 2.24) is 32.9 Å². The fourth-order valence-corrected chi connectivity index (χ4v) is 17.8. The minimum absolute atomic E-state index is 0.00191. The molecule has 11 rings (SSSR count). The minimum atomic E-state index is -3.83. The Labute approximate surface area is 415 Å². The third kappa shape index (κ3) is 9.46. The van der Waals surface area contributed by atoms with Crippen LogP contribution in [0.4, 0.5) is 11.4 Å². The molecule has 0 unspecified atom stereocenters. The number of anilines is 2. The number of sulfone groups is 2. The zero-order valence-electron chi connectivity index (χ0n) is 40.3. The number of nitrogens with two attached hydrogens (primary N) is 1. The molecule has 5 aromatic heterocycles. The molecule has 4 aliphatic rings. The van der Waals surface area contributed by atoms with Gasteiger partial charge in [0.2, 0.25) is 0 Å². The molecule has 6 atom stereocenters. The predicted molar refractivity (Wildman–Crippen MR) is 276 cm³/mol. The Kier molecular flexibility index (Phi) is 12.9. The van der Waals surface area contributed by atoms with Gasteiger partial charge in [0.15, 0.2) is 31.0 Å². The van der Waals surface area contributed by atoms with E-state index in [1.807, 2.05) is 18.5 Å². The Morgan fingerprint density at radius 1 is 0.620 bits per heavy atom. The molecule has 3 N–H and O–H groups in total. The molecule has 7 aromatic rings. The van der Waals surface area contributed by atoms with Crippen LogP contribution < -0.4 is 11.1 Å². The lowest BCUT2D eigenvalue weighted by Crippen LogP contribution is -2.25. The van der Waals surface area contributed by atoms with Gasteiger partial charge in [0, 0.05) is 29.2 Å². The lowest BCUT2D eigenvalue weighted by Gasteiger charge is -2.22. The number of nitrogen functional groups attached to an aromatic ring is 1. The Balaban J connectivity index is 0.000000164. The third-order valence-electron chi connectivity index (χ3n) is 15.2. The number of hydrogen-bond donors (Lipinski definition) is 2. The minimum Gasteiger partial charge on any atom is -0.396 e. The molecule has 4 fully saturated rings. The van der Waals surface area contributed by atoms with Crippen LogP contribution in [0.25, 0.3) is 33.1 Å². The number of fused-ring (bicyclic) bond motifs is 4. The number of rotatable bonds is 15. The molecule has 17 nitrogen and oxygen atoms in total. The van der Waals surface area contributed by atoms with Gasteiger partial charge in [0.05, 0.1) is 61.6 Å². The number of nitrogens with zero attached hydrogens (tertiary/aromatic N) is 7. The molecule has 0 aliphatic heterocycles. The molecule has 0 spiro atoms. The normalized spacial score (nSPS) is 23.1.